The van der Waals surface area contributed by atoms with E-state index in [2.05, 4.69) is 20.5 Å². The van der Waals surface area contributed by atoms with Crippen LogP contribution in [0.4, 0.5) is 11.4 Å². The Morgan fingerprint density at radius 3 is 2.38 bits per heavy atom. The van der Waals surface area contributed by atoms with E-state index in [0.29, 0.717) is 13.2 Å². The van der Waals surface area contributed by atoms with Gasteiger partial charge < -0.3 is 20.3 Å². The standard InChI is InChI=1S/C22H26N4O3/c27-21(23-16-6-1-2-7-16)18-9-5-10-19(24-18)22(28)25-17-8-3-4-11-20(17)26-12-14-29-15-13-26/h3-5,8-11,16H,1-2,6-7,12-15H2,(H,23,27)(H,25,28). The molecule has 7 nitrogen and oxygen atoms in total. The summed E-state index contributed by atoms with van der Waals surface area (Å²) in [6.07, 6.45) is 4.29. The third kappa shape index (κ3) is 4.74. The number of nitrogens with one attached hydrogen (secondary N) is 2. The number of anilines is 2. The highest BCUT2D eigenvalue weighted by molar-refractivity contribution is 6.05. The molecule has 2 heterocycles. The van der Waals surface area contributed by atoms with Crippen LogP contribution in [-0.4, -0.2) is 49.1 Å². The van der Waals surface area contributed by atoms with E-state index in [1.54, 1.807) is 18.2 Å². The Labute approximate surface area is 170 Å². The van der Waals surface area contributed by atoms with Gasteiger partial charge in [0.1, 0.15) is 11.4 Å². The minimum Gasteiger partial charge on any atom is -0.378 e. The first-order chi connectivity index (χ1) is 14.2. The van der Waals surface area contributed by atoms with Gasteiger partial charge in [-0.3, -0.25) is 9.59 Å². The first kappa shape index (κ1) is 19.4. The molecule has 1 aliphatic heterocycles. The highest BCUT2D eigenvalue weighted by Gasteiger charge is 2.20. The van der Waals surface area contributed by atoms with Gasteiger partial charge in [0.15, 0.2) is 0 Å². The van der Waals surface area contributed by atoms with E-state index in [-0.39, 0.29) is 29.2 Å². The zero-order chi connectivity index (χ0) is 20.1. The van der Waals surface area contributed by atoms with Crippen LogP contribution in [0.25, 0.3) is 0 Å². The van der Waals surface area contributed by atoms with Crippen LogP contribution < -0.4 is 15.5 Å². The number of para-hydroxylation sites is 2. The number of carbonyl (C=O) groups is 2. The molecule has 4 rings (SSSR count). The van der Waals surface area contributed by atoms with Crippen molar-refractivity contribution in [2.75, 3.05) is 36.5 Å². The van der Waals surface area contributed by atoms with E-state index in [1.165, 1.54) is 0 Å². The number of carbonyl (C=O) groups excluding carboxylic acids is 2. The fourth-order valence-corrected chi connectivity index (χ4v) is 3.86. The summed E-state index contributed by atoms with van der Waals surface area (Å²) >= 11 is 0. The van der Waals surface area contributed by atoms with Crippen LogP contribution in [-0.2, 0) is 4.74 Å². The summed E-state index contributed by atoms with van der Waals surface area (Å²) in [6, 6.07) is 12.9. The Hall–Kier alpha value is -2.93. The first-order valence-corrected chi connectivity index (χ1v) is 10.2. The highest BCUT2D eigenvalue weighted by atomic mass is 16.5. The normalized spacial score (nSPS) is 17.2. The molecule has 1 aliphatic carbocycles. The predicted molar refractivity (Wildman–Crippen MR) is 111 cm³/mol. The molecule has 7 heteroatoms. The molecule has 0 radical (unpaired) electrons. The maximum absolute atomic E-state index is 12.8. The van der Waals surface area contributed by atoms with Gasteiger partial charge in [0, 0.05) is 19.1 Å². The number of amides is 2. The number of hydrogen-bond donors (Lipinski definition) is 2. The van der Waals surface area contributed by atoms with Crippen LogP contribution in [0, 0.1) is 0 Å². The van der Waals surface area contributed by atoms with Crippen molar-refractivity contribution in [1.29, 1.82) is 0 Å². The summed E-state index contributed by atoms with van der Waals surface area (Å²) in [5.41, 5.74) is 2.17. The molecule has 0 unspecified atom stereocenters. The van der Waals surface area contributed by atoms with E-state index in [9.17, 15) is 9.59 Å². The molecule has 1 saturated heterocycles. The van der Waals surface area contributed by atoms with Crippen molar-refractivity contribution in [2.24, 2.45) is 0 Å². The molecule has 29 heavy (non-hydrogen) atoms. The zero-order valence-electron chi connectivity index (χ0n) is 16.4. The summed E-state index contributed by atoms with van der Waals surface area (Å²) in [6.45, 7) is 2.90. The molecule has 0 atom stereocenters. The molecule has 1 saturated carbocycles. The maximum atomic E-state index is 12.8. The minimum atomic E-state index is -0.332. The Kier molecular flexibility index (Phi) is 6.05. The number of rotatable bonds is 5. The fourth-order valence-electron chi connectivity index (χ4n) is 3.86. The van der Waals surface area contributed by atoms with Crippen LogP contribution in [0.15, 0.2) is 42.5 Å². The largest absolute Gasteiger partial charge is 0.378 e. The molecular formula is C22H26N4O3. The summed E-state index contributed by atoms with van der Waals surface area (Å²) in [5, 5.41) is 5.96. The van der Waals surface area contributed by atoms with E-state index >= 15 is 0 Å². The Bertz CT molecular complexity index is 874. The SMILES string of the molecule is O=C(Nc1ccccc1N1CCOCC1)c1cccc(C(=O)NC2CCCC2)n1. The van der Waals surface area contributed by atoms with Crippen LogP contribution in [0.2, 0.25) is 0 Å². The van der Waals surface area contributed by atoms with Gasteiger partial charge in [0.2, 0.25) is 0 Å². The van der Waals surface area contributed by atoms with Crippen LogP contribution in [0.1, 0.15) is 46.7 Å². The molecule has 0 spiro atoms. The average Bonchev–Trinajstić information content (AvgIpc) is 3.28. The third-order valence-corrected chi connectivity index (χ3v) is 5.41. The van der Waals surface area contributed by atoms with Crippen molar-refractivity contribution in [1.82, 2.24) is 10.3 Å². The fraction of sp³-hybridized carbons (Fsp3) is 0.409. The number of ether oxygens (including phenoxy) is 1. The van der Waals surface area contributed by atoms with Gasteiger partial charge in [-0.25, -0.2) is 4.98 Å². The molecule has 2 fully saturated rings. The second-order valence-electron chi connectivity index (χ2n) is 7.43. The van der Waals surface area contributed by atoms with Crippen LogP contribution in [0.5, 0.6) is 0 Å². The molecule has 0 bridgehead atoms. The predicted octanol–water partition coefficient (Wildman–Crippen LogP) is 2.84. The lowest BCUT2D eigenvalue weighted by molar-refractivity contribution is 0.0932. The van der Waals surface area contributed by atoms with Gasteiger partial charge in [0.05, 0.1) is 24.6 Å². The quantitative estimate of drug-likeness (QED) is 0.815. The highest BCUT2D eigenvalue weighted by Crippen LogP contribution is 2.26. The number of benzene rings is 1. The number of nitrogens with zero attached hydrogens (tertiary/aromatic N) is 2. The monoisotopic (exact) mass is 394 g/mol. The molecule has 2 aromatic rings. The maximum Gasteiger partial charge on any atom is 0.274 e. The lowest BCUT2D eigenvalue weighted by Crippen LogP contribution is -2.36. The van der Waals surface area contributed by atoms with Crippen LogP contribution >= 0.6 is 0 Å². The summed E-state index contributed by atoms with van der Waals surface area (Å²) in [4.78, 5) is 31.8. The molecule has 1 aromatic carbocycles. The number of morpholine rings is 1. The molecular weight excluding hydrogens is 368 g/mol. The smallest absolute Gasteiger partial charge is 0.274 e. The van der Waals surface area contributed by atoms with Crippen molar-refractivity contribution in [3.8, 4) is 0 Å². The molecule has 1 aromatic heterocycles. The molecule has 2 aliphatic rings. The lowest BCUT2D eigenvalue weighted by atomic mass is 10.2. The second-order valence-corrected chi connectivity index (χ2v) is 7.43. The van der Waals surface area contributed by atoms with Crippen molar-refractivity contribution in [3.05, 3.63) is 53.9 Å². The van der Waals surface area contributed by atoms with E-state index in [1.807, 2.05) is 24.3 Å². The van der Waals surface area contributed by atoms with Crippen molar-refractivity contribution < 1.29 is 14.3 Å². The van der Waals surface area contributed by atoms with Crippen molar-refractivity contribution >= 4 is 23.2 Å². The van der Waals surface area contributed by atoms with Gasteiger partial charge in [-0.05, 0) is 37.1 Å². The summed E-state index contributed by atoms with van der Waals surface area (Å²) in [5.74, 6) is -0.554. The first-order valence-electron chi connectivity index (χ1n) is 10.2. The van der Waals surface area contributed by atoms with E-state index in [4.69, 9.17) is 4.74 Å². The minimum absolute atomic E-state index is 0.210. The Morgan fingerprint density at radius 1 is 0.931 bits per heavy atom. The number of hydrogen-bond acceptors (Lipinski definition) is 5. The van der Waals surface area contributed by atoms with Gasteiger partial charge >= 0.3 is 0 Å². The van der Waals surface area contributed by atoms with Crippen LogP contribution in [0.3, 0.4) is 0 Å². The molecule has 2 amide bonds. The zero-order valence-corrected chi connectivity index (χ0v) is 16.4. The number of aromatic nitrogens is 1. The Morgan fingerprint density at radius 2 is 1.62 bits per heavy atom. The van der Waals surface area contributed by atoms with Gasteiger partial charge in [-0.1, -0.05) is 31.0 Å². The average molecular weight is 394 g/mol. The van der Waals surface area contributed by atoms with Gasteiger partial charge in [0.25, 0.3) is 11.8 Å². The molecule has 152 valence electrons. The van der Waals surface area contributed by atoms with Crippen molar-refractivity contribution in [2.45, 2.75) is 31.7 Å². The lowest BCUT2D eigenvalue weighted by Gasteiger charge is -2.30. The summed E-state index contributed by atoms with van der Waals surface area (Å²) < 4.78 is 5.42. The molecule has 2 N–H and O–H groups in total. The topological polar surface area (TPSA) is 83.6 Å². The third-order valence-electron chi connectivity index (χ3n) is 5.41. The van der Waals surface area contributed by atoms with Gasteiger partial charge in [-0.15, -0.1) is 0 Å². The second kappa shape index (κ2) is 9.05. The Balaban J connectivity index is 1.47. The number of pyridine rings is 1. The van der Waals surface area contributed by atoms with E-state index in [0.717, 1.165) is 50.1 Å². The van der Waals surface area contributed by atoms with E-state index < -0.39 is 0 Å². The van der Waals surface area contributed by atoms with Gasteiger partial charge in [-0.2, -0.15) is 0 Å². The van der Waals surface area contributed by atoms with Crippen molar-refractivity contribution in [3.63, 3.8) is 0 Å². The summed E-state index contributed by atoms with van der Waals surface area (Å²) in [7, 11) is 0.